The number of pyridine rings is 4. The minimum absolute atomic E-state index is 0. The van der Waals surface area contributed by atoms with Crippen LogP contribution in [0.3, 0.4) is 0 Å². The van der Waals surface area contributed by atoms with Gasteiger partial charge in [-0.3, -0.25) is 14.4 Å². The number of hydrogen-bond donors (Lipinski definition) is 4. The van der Waals surface area contributed by atoms with E-state index in [9.17, 15) is 48.0 Å². The van der Waals surface area contributed by atoms with E-state index in [0.717, 1.165) is 160 Å². The number of ether oxygens (including phenoxy) is 2. The maximum Gasteiger partial charge on any atom is 1.00 e. The van der Waals surface area contributed by atoms with Crippen LogP contribution in [0.4, 0.5) is 13.2 Å². The second kappa shape index (κ2) is 30.2. The predicted octanol–water partition coefficient (Wildman–Crippen LogP) is 11.4. The van der Waals surface area contributed by atoms with E-state index in [1.165, 1.54) is 9.49 Å². The first-order chi connectivity index (χ1) is 54.0. The fourth-order valence-corrected chi connectivity index (χ4v) is 24.4. The molecule has 29 nitrogen and oxygen atoms in total. The van der Waals surface area contributed by atoms with Crippen LogP contribution in [0.15, 0.2) is 128 Å². The third-order valence-corrected chi connectivity index (χ3v) is 29.1. The molecule has 0 aliphatic heterocycles. The number of aldehydes is 1. The van der Waals surface area contributed by atoms with Crippen molar-refractivity contribution in [3.8, 4) is 0 Å². The van der Waals surface area contributed by atoms with E-state index >= 15 is 0 Å². The standard InChI is InChI=1S/C26H28N4O4S.C19H22N4O2.C17H20N4O2S.C13H13N5.C3H7ClO2S.C2HF3O.CH4.Na.H2O/c1-17-5-7-18(8-6-17)35(32,33)30-10-9-19-22-20(12-27-23(19)30)28-16-29(22)26-13-25(14-26,15-26)11-21(31)34-24(2,3)4;1-17(2,3)25-14(24)6-18-8-19(9-18,10-18)23-11-22-13-7-21-16-12(15(13)23)4-5-20-16;1-2-5-24(22,23)10-16-7-17(8-16,9-16)21-11-20-13-6-19-15-12(14(13)21)3-4-18-15;14-12-4-13(5-12,6-12)18-7-17-9-3-16-11-8(10(9)18)1-2-15-11;1-2-3-7(4,5)6;3-2(4,5)1-6;;;/h5-10,12,16H,11,13-15H2,1-4H3;4-5,7,11H,6,8-10H2,1-3H3,(H,20,21);3-4,6,11H,2,5,7-10H2,1H3,(H,18,19);1-3,7H,4-6,14H2,(H,15,16);2-3H2,1H3;1H;1H4;;1H2/q;;;;;;;+1;/p-1. The minimum atomic E-state index is -4.64. The molecule has 1 aromatic carbocycles. The number of nitrogens with zero attached hydrogens (tertiary/aromatic N) is 13. The molecule has 0 saturated heterocycles. The van der Waals surface area contributed by atoms with Crippen molar-refractivity contribution in [2.45, 2.75) is 222 Å². The van der Waals surface area contributed by atoms with Gasteiger partial charge in [0.1, 0.15) is 50.2 Å². The third-order valence-electron chi connectivity index (χ3n) is 24.0. The molecule has 13 aromatic rings. The number of nitrogens with two attached hydrogens (primary N) is 1. The molecule has 12 aliphatic rings. The minimum Gasteiger partial charge on any atom is -0.870 e. The van der Waals surface area contributed by atoms with E-state index in [1.807, 2.05) is 118 Å². The average Bonchev–Trinajstić information content (AvgIpc) is 1.15. The van der Waals surface area contributed by atoms with E-state index < -0.39 is 52.6 Å². The van der Waals surface area contributed by atoms with Gasteiger partial charge in [-0.15, -0.1) is 0 Å². The van der Waals surface area contributed by atoms with E-state index in [-0.39, 0.29) is 109 Å². The van der Waals surface area contributed by atoms with Gasteiger partial charge in [-0.05, 0) is 191 Å². The summed E-state index contributed by atoms with van der Waals surface area (Å²) in [6.07, 6.45) is 30.4. The van der Waals surface area contributed by atoms with E-state index in [0.29, 0.717) is 42.8 Å². The first-order valence-electron chi connectivity index (χ1n) is 38.4. The molecule has 12 fully saturated rings. The maximum absolute atomic E-state index is 13.4. The SMILES string of the molecule is C.CC(C)(C)OC(=O)CC12CC(n3cnc4cnc5[nH]ccc5c43)(C1)C2.CCCS(=O)(=O)CC12CC(n3cnc4cnc5[nH]ccc5c43)(C1)C2.CCCS(=O)(=O)Cl.Cc1ccc(S(=O)(=O)n2ccc3c4c(cnc32)ncn4C23CC(CC(=O)OC(C)(C)C)(C2)C3)cc1.NC12CC(n3cnc4cnc5[nH]ccc5c43)(C1)C2.O=CC(F)(F)F.[Na+].[OH-]. The number of aromatic amines is 3. The average molecular weight is 1710 g/mol. The number of halogens is 4. The number of rotatable bonds is 16. The Balaban J connectivity index is 0.000000131. The second-order valence-corrected chi connectivity index (χ2v) is 42.6. The van der Waals surface area contributed by atoms with Gasteiger partial charge in [-0.25, -0.2) is 69.1 Å². The van der Waals surface area contributed by atoms with E-state index in [4.69, 9.17) is 30.7 Å². The number of carbonyl (C=O) groups is 3. The van der Waals surface area contributed by atoms with Crippen LogP contribution in [-0.2, 0) is 74.9 Å². The Morgan fingerprint density at radius 2 is 0.864 bits per heavy atom. The molecule has 12 saturated carbocycles. The van der Waals surface area contributed by atoms with Gasteiger partial charge in [0, 0.05) is 84.9 Å². The van der Waals surface area contributed by atoms with E-state index in [2.05, 4.69) is 85.2 Å². The number of aryl methyl sites for hydroxylation is 1. The Bertz CT molecular complexity index is 6350. The summed E-state index contributed by atoms with van der Waals surface area (Å²) in [6.45, 7) is 17.0. The molecule has 12 aromatic heterocycles. The smallest absolute Gasteiger partial charge is 0.870 e. The van der Waals surface area contributed by atoms with Crippen molar-refractivity contribution in [1.82, 2.24) is 77.1 Å². The Morgan fingerprint density at radius 3 is 1.19 bits per heavy atom. The number of sulfone groups is 1. The van der Waals surface area contributed by atoms with Crippen molar-refractivity contribution in [2.24, 2.45) is 22.0 Å². The number of benzene rings is 1. The molecule has 8 bridgehead atoms. The molecule has 0 unspecified atom stereocenters. The number of fused-ring (bicyclic) bond motifs is 12. The van der Waals surface area contributed by atoms with Crippen LogP contribution in [0.1, 0.15) is 171 Å². The molecule has 12 heterocycles. The van der Waals surface area contributed by atoms with Gasteiger partial charge in [-0.1, -0.05) is 39.0 Å². The number of hydrogen-bond acceptors (Lipinski definition) is 21. The summed E-state index contributed by atoms with van der Waals surface area (Å²) in [5, 5.41) is 4.10. The molecular weight excluding hydrogens is 1610 g/mol. The van der Waals surface area contributed by atoms with Crippen LogP contribution < -0.4 is 35.3 Å². The number of H-pyrrole nitrogens is 3. The number of alkyl halides is 3. The molecule has 6 N–H and O–H groups in total. The van der Waals surface area contributed by atoms with Gasteiger partial charge >= 0.3 is 47.7 Å². The second-order valence-electron chi connectivity index (χ2n) is 35.7. The number of nitrogens with one attached hydrogen (secondary N) is 3. The zero-order valence-electron chi connectivity index (χ0n) is 66.6. The molecule has 25 rings (SSSR count). The monoisotopic (exact) mass is 1710 g/mol. The van der Waals surface area contributed by atoms with Crippen LogP contribution in [0.25, 0.3) is 88.3 Å². The maximum atomic E-state index is 13.4. The zero-order valence-corrected chi connectivity index (χ0v) is 71.8. The number of carbonyl (C=O) groups excluding carboxylic acids is 3. The Hall–Kier alpha value is -8.68. The molecule has 0 amide bonds. The van der Waals surface area contributed by atoms with Gasteiger partial charge < -0.3 is 53.9 Å². The quantitative estimate of drug-likeness (QED) is 0.0302. The predicted molar refractivity (Wildman–Crippen MR) is 437 cm³/mol. The Morgan fingerprint density at radius 1 is 0.525 bits per heavy atom. The first-order valence-corrected chi connectivity index (χ1v) is 44.2. The molecule has 0 atom stereocenters. The first kappa shape index (κ1) is 87.1. The summed E-state index contributed by atoms with van der Waals surface area (Å²) in [6, 6.07) is 14.8. The summed E-state index contributed by atoms with van der Waals surface area (Å²) < 4.78 is 124. The van der Waals surface area contributed by atoms with Crippen LogP contribution >= 0.6 is 10.7 Å². The van der Waals surface area contributed by atoms with Crippen molar-refractivity contribution in [2.75, 3.05) is 17.3 Å². The molecular formula is C81H96ClF3N17NaO12S3. The summed E-state index contributed by atoms with van der Waals surface area (Å²) >= 11 is 0. The Kier molecular flexibility index (Phi) is 22.3. The van der Waals surface area contributed by atoms with E-state index in [1.54, 1.807) is 55.8 Å². The number of aromatic nitrogens is 16. The van der Waals surface area contributed by atoms with Crippen LogP contribution in [0.2, 0.25) is 0 Å². The molecule has 0 radical (unpaired) electrons. The van der Waals surface area contributed by atoms with Gasteiger partial charge in [0.2, 0.25) is 15.3 Å². The van der Waals surface area contributed by atoms with Crippen molar-refractivity contribution in [1.29, 1.82) is 0 Å². The fraction of sp³-hybridized carbons (Fsp3) is 0.494. The van der Waals surface area contributed by atoms with Gasteiger partial charge in [0.05, 0.1) is 107 Å². The Labute approximate surface area is 706 Å². The van der Waals surface area contributed by atoms with Gasteiger partial charge in [0.15, 0.2) is 15.5 Å². The molecule has 12 aliphatic carbocycles. The van der Waals surface area contributed by atoms with Crippen molar-refractivity contribution < 1.29 is 97.3 Å². The van der Waals surface area contributed by atoms with Gasteiger partial charge in [0.25, 0.3) is 10.0 Å². The largest absolute Gasteiger partial charge is 1.00 e. The summed E-state index contributed by atoms with van der Waals surface area (Å²) in [7, 11) is -5.10. The zero-order chi connectivity index (χ0) is 81.9. The molecule has 624 valence electrons. The van der Waals surface area contributed by atoms with Gasteiger partial charge in [-0.2, -0.15) is 13.2 Å². The van der Waals surface area contributed by atoms with Crippen molar-refractivity contribution >= 4 is 146 Å². The fourth-order valence-electron chi connectivity index (χ4n) is 20.2. The van der Waals surface area contributed by atoms with Crippen molar-refractivity contribution in [3.63, 3.8) is 0 Å². The molecule has 37 heteroatoms. The van der Waals surface area contributed by atoms with Crippen LogP contribution in [-0.4, -0.2) is 166 Å². The van der Waals surface area contributed by atoms with Crippen LogP contribution in [0.5, 0.6) is 0 Å². The summed E-state index contributed by atoms with van der Waals surface area (Å²) in [5.74, 6) is 0.517. The summed E-state index contributed by atoms with van der Waals surface area (Å²) in [4.78, 5) is 78.7. The molecule has 118 heavy (non-hydrogen) atoms. The number of esters is 2. The van der Waals surface area contributed by atoms with Crippen molar-refractivity contribution in [3.05, 3.63) is 129 Å². The number of imidazole rings is 4. The summed E-state index contributed by atoms with van der Waals surface area (Å²) in [5.41, 5.74) is 17.8. The van der Waals surface area contributed by atoms with Crippen LogP contribution in [0, 0.1) is 23.2 Å². The third kappa shape index (κ3) is 15.8. The normalized spacial score (nSPS) is 25.2. The topological polar surface area (TPSA) is 403 Å². The molecule has 0 spiro atoms.